The maximum atomic E-state index is 11.9. The van der Waals surface area contributed by atoms with Crippen LogP contribution in [0.1, 0.15) is 18.4 Å². The third-order valence-corrected chi connectivity index (χ3v) is 5.40. The van der Waals surface area contributed by atoms with Crippen molar-refractivity contribution in [1.29, 1.82) is 0 Å². The van der Waals surface area contributed by atoms with Crippen LogP contribution in [0, 0.1) is 6.92 Å². The molecule has 1 heterocycles. The van der Waals surface area contributed by atoms with E-state index >= 15 is 0 Å². The zero-order valence-corrected chi connectivity index (χ0v) is 13.6. The van der Waals surface area contributed by atoms with Gasteiger partial charge in [0.15, 0.2) is 9.84 Å². The van der Waals surface area contributed by atoms with Crippen LogP contribution in [0.15, 0.2) is 18.2 Å². The lowest BCUT2D eigenvalue weighted by molar-refractivity contribution is -0.127. The van der Waals surface area contributed by atoms with Crippen LogP contribution in [0.4, 0.5) is 5.69 Å². The molecule has 1 unspecified atom stereocenters. The van der Waals surface area contributed by atoms with E-state index < -0.39 is 27.7 Å². The number of amides is 2. The standard InChI is InChI=1S/C14H17ClN2O4S/c1-9-2-3-10(15)6-12(9)17-14(19)7-13(18)16-11-4-5-22(20,21)8-11/h2-3,6,11H,4-5,7-8H2,1H3,(H,16,18)(H,17,19). The Bertz CT molecular complexity index is 703. The van der Waals surface area contributed by atoms with Gasteiger partial charge >= 0.3 is 0 Å². The van der Waals surface area contributed by atoms with Crippen molar-refractivity contribution >= 4 is 38.9 Å². The van der Waals surface area contributed by atoms with Gasteiger partial charge in [-0.25, -0.2) is 8.42 Å². The molecule has 0 radical (unpaired) electrons. The summed E-state index contributed by atoms with van der Waals surface area (Å²) in [5.41, 5.74) is 1.38. The van der Waals surface area contributed by atoms with Crippen molar-refractivity contribution in [3.05, 3.63) is 28.8 Å². The molecule has 0 saturated carbocycles. The molecule has 0 spiro atoms. The molecule has 1 atom stereocenters. The quantitative estimate of drug-likeness (QED) is 0.805. The molecule has 2 amide bonds. The predicted molar refractivity (Wildman–Crippen MR) is 84.6 cm³/mol. The molecule has 6 nitrogen and oxygen atoms in total. The Morgan fingerprint density at radius 1 is 1.32 bits per heavy atom. The van der Waals surface area contributed by atoms with E-state index in [1.807, 2.05) is 6.92 Å². The van der Waals surface area contributed by atoms with E-state index in [1.54, 1.807) is 18.2 Å². The normalized spacial score (nSPS) is 19.6. The molecular weight excluding hydrogens is 328 g/mol. The van der Waals surface area contributed by atoms with Crippen LogP contribution >= 0.6 is 11.6 Å². The topological polar surface area (TPSA) is 92.3 Å². The van der Waals surface area contributed by atoms with Gasteiger partial charge in [0.1, 0.15) is 6.42 Å². The van der Waals surface area contributed by atoms with Crippen LogP contribution < -0.4 is 10.6 Å². The Kier molecular flexibility index (Phi) is 5.08. The van der Waals surface area contributed by atoms with Gasteiger partial charge in [0.25, 0.3) is 0 Å². The van der Waals surface area contributed by atoms with E-state index in [1.165, 1.54) is 0 Å². The Morgan fingerprint density at radius 3 is 2.68 bits per heavy atom. The highest BCUT2D eigenvalue weighted by atomic mass is 35.5. The van der Waals surface area contributed by atoms with Crippen molar-refractivity contribution in [3.8, 4) is 0 Å². The van der Waals surface area contributed by atoms with Gasteiger partial charge < -0.3 is 10.6 Å². The monoisotopic (exact) mass is 344 g/mol. The van der Waals surface area contributed by atoms with E-state index in [2.05, 4.69) is 10.6 Å². The number of anilines is 1. The number of sulfone groups is 1. The number of rotatable bonds is 4. The molecule has 0 aromatic heterocycles. The second kappa shape index (κ2) is 6.66. The van der Waals surface area contributed by atoms with E-state index in [4.69, 9.17) is 11.6 Å². The van der Waals surface area contributed by atoms with Gasteiger partial charge in [-0.05, 0) is 31.0 Å². The number of aryl methyl sites for hydroxylation is 1. The van der Waals surface area contributed by atoms with Crippen LogP contribution in [-0.2, 0) is 19.4 Å². The number of nitrogens with one attached hydrogen (secondary N) is 2. The first kappa shape index (κ1) is 16.8. The fourth-order valence-corrected chi connectivity index (χ4v) is 4.10. The SMILES string of the molecule is Cc1ccc(Cl)cc1NC(=O)CC(=O)NC1CCS(=O)(=O)C1. The number of halogens is 1. The lowest BCUT2D eigenvalue weighted by Gasteiger charge is -2.12. The van der Waals surface area contributed by atoms with Crippen molar-refractivity contribution in [1.82, 2.24) is 5.32 Å². The van der Waals surface area contributed by atoms with Crippen LogP contribution in [0.25, 0.3) is 0 Å². The molecule has 120 valence electrons. The zero-order valence-electron chi connectivity index (χ0n) is 12.1. The Labute approximate surface area is 134 Å². The smallest absolute Gasteiger partial charge is 0.233 e. The van der Waals surface area contributed by atoms with Gasteiger partial charge in [0, 0.05) is 16.8 Å². The molecule has 0 aliphatic carbocycles. The van der Waals surface area contributed by atoms with Gasteiger partial charge in [0.05, 0.1) is 11.5 Å². The summed E-state index contributed by atoms with van der Waals surface area (Å²) in [6, 6.07) is 4.68. The van der Waals surface area contributed by atoms with Crippen molar-refractivity contribution in [2.45, 2.75) is 25.8 Å². The lowest BCUT2D eigenvalue weighted by atomic mass is 10.2. The first-order chi connectivity index (χ1) is 10.2. The van der Waals surface area contributed by atoms with Crippen LogP contribution in [-0.4, -0.2) is 37.8 Å². The maximum absolute atomic E-state index is 11.9. The van der Waals surface area contributed by atoms with E-state index in [9.17, 15) is 18.0 Å². The van der Waals surface area contributed by atoms with Crippen LogP contribution in [0.3, 0.4) is 0 Å². The van der Waals surface area contributed by atoms with Crippen LogP contribution in [0.2, 0.25) is 5.02 Å². The Morgan fingerprint density at radius 2 is 2.05 bits per heavy atom. The summed E-state index contributed by atoms with van der Waals surface area (Å²) in [4.78, 5) is 23.6. The molecule has 1 aliphatic heterocycles. The van der Waals surface area contributed by atoms with Gasteiger partial charge in [-0.1, -0.05) is 17.7 Å². The van der Waals surface area contributed by atoms with Crippen LogP contribution in [0.5, 0.6) is 0 Å². The molecule has 1 fully saturated rings. The summed E-state index contributed by atoms with van der Waals surface area (Å²) in [6.07, 6.45) is 0.0333. The number of carbonyl (C=O) groups is 2. The minimum atomic E-state index is -3.06. The average molecular weight is 345 g/mol. The van der Waals surface area contributed by atoms with Gasteiger partial charge in [0.2, 0.25) is 11.8 Å². The summed E-state index contributed by atoms with van der Waals surface area (Å²) < 4.78 is 22.6. The minimum Gasteiger partial charge on any atom is -0.352 e. The van der Waals surface area contributed by atoms with E-state index in [0.29, 0.717) is 17.1 Å². The highest BCUT2D eigenvalue weighted by molar-refractivity contribution is 7.91. The van der Waals surface area contributed by atoms with Crippen molar-refractivity contribution < 1.29 is 18.0 Å². The molecule has 1 saturated heterocycles. The summed E-state index contributed by atoms with van der Waals surface area (Å²) in [5, 5.41) is 5.68. The third kappa shape index (κ3) is 4.71. The number of carbonyl (C=O) groups excluding carboxylic acids is 2. The Balaban J connectivity index is 1.86. The first-order valence-corrected chi connectivity index (χ1v) is 9.01. The maximum Gasteiger partial charge on any atom is 0.233 e. The molecule has 2 rings (SSSR count). The van der Waals surface area contributed by atoms with Crippen molar-refractivity contribution in [2.75, 3.05) is 16.8 Å². The second-order valence-corrected chi connectivity index (χ2v) is 8.02. The van der Waals surface area contributed by atoms with E-state index in [-0.39, 0.29) is 17.9 Å². The molecular formula is C14H17ClN2O4S. The molecule has 22 heavy (non-hydrogen) atoms. The zero-order chi connectivity index (χ0) is 16.3. The predicted octanol–water partition coefficient (Wildman–Crippen LogP) is 1.28. The van der Waals surface area contributed by atoms with E-state index in [0.717, 1.165) is 5.56 Å². The van der Waals surface area contributed by atoms with Gasteiger partial charge in [-0.15, -0.1) is 0 Å². The Hall–Kier alpha value is -1.60. The molecule has 0 bridgehead atoms. The highest BCUT2D eigenvalue weighted by Gasteiger charge is 2.29. The fourth-order valence-electron chi connectivity index (χ4n) is 2.26. The molecule has 8 heteroatoms. The van der Waals surface area contributed by atoms with Crippen molar-refractivity contribution in [2.24, 2.45) is 0 Å². The summed E-state index contributed by atoms with van der Waals surface area (Å²) >= 11 is 5.86. The largest absolute Gasteiger partial charge is 0.352 e. The molecule has 1 aromatic rings. The molecule has 1 aliphatic rings. The summed E-state index contributed by atoms with van der Waals surface area (Å²) in [6.45, 7) is 1.81. The number of hydrogen-bond acceptors (Lipinski definition) is 4. The van der Waals surface area contributed by atoms with Gasteiger partial charge in [-0.3, -0.25) is 9.59 Å². The lowest BCUT2D eigenvalue weighted by Crippen LogP contribution is -2.37. The fraction of sp³-hybridized carbons (Fsp3) is 0.429. The second-order valence-electron chi connectivity index (χ2n) is 5.35. The number of hydrogen-bond donors (Lipinski definition) is 2. The van der Waals surface area contributed by atoms with Crippen molar-refractivity contribution in [3.63, 3.8) is 0 Å². The average Bonchev–Trinajstić information content (AvgIpc) is 2.72. The molecule has 2 N–H and O–H groups in total. The highest BCUT2D eigenvalue weighted by Crippen LogP contribution is 2.20. The third-order valence-electron chi connectivity index (χ3n) is 3.39. The first-order valence-electron chi connectivity index (χ1n) is 6.81. The van der Waals surface area contributed by atoms with Gasteiger partial charge in [-0.2, -0.15) is 0 Å². The summed E-state index contributed by atoms with van der Waals surface area (Å²) in [5.74, 6) is -0.942. The molecule has 1 aromatic carbocycles. The number of benzene rings is 1. The summed E-state index contributed by atoms with van der Waals surface area (Å²) in [7, 11) is -3.06. The minimum absolute atomic E-state index is 0.0617.